The molecule has 0 bridgehead atoms. The second-order valence-corrected chi connectivity index (χ2v) is 5.51. The molecule has 4 nitrogen and oxygen atoms in total. The van der Waals surface area contributed by atoms with Crippen molar-refractivity contribution in [3.05, 3.63) is 35.2 Å². The fourth-order valence-corrected chi connectivity index (χ4v) is 2.30. The molecule has 0 amide bonds. The van der Waals surface area contributed by atoms with Gasteiger partial charge in [-0.1, -0.05) is 25.5 Å². The van der Waals surface area contributed by atoms with Crippen LogP contribution in [0.25, 0.3) is 11.3 Å². The van der Waals surface area contributed by atoms with Crippen LogP contribution in [0.2, 0.25) is 0 Å². The Balaban J connectivity index is 2.73. The summed E-state index contributed by atoms with van der Waals surface area (Å²) >= 11 is 0. The van der Waals surface area contributed by atoms with Crippen molar-refractivity contribution in [2.75, 3.05) is 19.5 Å². The Kier molecular flexibility index (Phi) is 4.46. The van der Waals surface area contributed by atoms with Gasteiger partial charge in [-0.2, -0.15) is 0 Å². The molecule has 0 saturated carbocycles. The van der Waals surface area contributed by atoms with Gasteiger partial charge in [0.2, 0.25) is 0 Å². The van der Waals surface area contributed by atoms with Crippen LogP contribution in [-0.4, -0.2) is 24.1 Å². The van der Waals surface area contributed by atoms with Crippen molar-refractivity contribution in [2.45, 2.75) is 33.6 Å². The maximum atomic E-state index is 5.50. The number of hydrogen-bond donors (Lipinski definition) is 1. The summed E-state index contributed by atoms with van der Waals surface area (Å²) in [4.78, 5) is 9.36. The predicted molar refractivity (Wildman–Crippen MR) is 87.1 cm³/mol. The van der Waals surface area contributed by atoms with Crippen LogP contribution in [0.3, 0.4) is 0 Å². The van der Waals surface area contributed by atoms with Gasteiger partial charge in [-0.3, -0.25) is 0 Å². The topological polar surface area (TPSA) is 47.0 Å². The highest BCUT2D eigenvalue weighted by Crippen LogP contribution is 2.34. The van der Waals surface area contributed by atoms with E-state index >= 15 is 0 Å². The molecule has 0 atom stereocenters. The summed E-state index contributed by atoms with van der Waals surface area (Å²) < 4.78 is 5.50. The molecule has 0 fully saturated rings. The van der Waals surface area contributed by atoms with E-state index in [9.17, 15) is 0 Å². The number of rotatable bonds is 4. The van der Waals surface area contributed by atoms with Gasteiger partial charge in [-0.05, 0) is 26.0 Å². The van der Waals surface area contributed by atoms with E-state index in [1.165, 1.54) is 5.56 Å². The predicted octanol–water partition coefficient (Wildman–Crippen LogP) is 3.93. The van der Waals surface area contributed by atoms with Gasteiger partial charge in [0.25, 0.3) is 0 Å². The van der Waals surface area contributed by atoms with Crippen LogP contribution in [0.5, 0.6) is 5.75 Å². The molecule has 0 radical (unpaired) electrons. The van der Waals surface area contributed by atoms with E-state index in [4.69, 9.17) is 9.72 Å². The highest BCUT2D eigenvalue weighted by Gasteiger charge is 2.16. The van der Waals surface area contributed by atoms with Crippen LogP contribution in [0.4, 0.5) is 5.82 Å². The Hall–Kier alpha value is -2.10. The van der Waals surface area contributed by atoms with Crippen LogP contribution in [0, 0.1) is 13.8 Å². The van der Waals surface area contributed by atoms with Crippen molar-refractivity contribution in [3.63, 3.8) is 0 Å². The molecule has 1 N–H and O–H groups in total. The average molecular weight is 285 g/mol. The summed E-state index contributed by atoms with van der Waals surface area (Å²) in [7, 11) is 3.57. The summed E-state index contributed by atoms with van der Waals surface area (Å²) in [5.74, 6) is 2.81. The lowest BCUT2D eigenvalue weighted by atomic mass is 10.0. The normalized spacial score (nSPS) is 10.8. The smallest absolute Gasteiger partial charge is 0.133 e. The molecule has 0 aliphatic heterocycles. The first-order valence-corrected chi connectivity index (χ1v) is 7.19. The Morgan fingerprint density at radius 2 is 1.86 bits per heavy atom. The van der Waals surface area contributed by atoms with Gasteiger partial charge in [0.15, 0.2) is 0 Å². The highest BCUT2D eigenvalue weighted by molar-refractivity contribution is 5.74. The third-order valence-electron chi connectivity index (χ3n) is 3.53. The van der Waals surface area contributed by atoms with E-state index < -0.39 is 0 Å². The SMILES string of the molecule is CNc1nc(C(C)C)nc(-c2cc(C)ccc2OC)c1C. The van der Waals surface area contributed by atoms with Crippen LogP contribution < -0.4 is 10.1 Å². The van der Waals surface area contributed by atoms with E-state index in [1.807, 2.05) is 26.1 Å². The van der Waals surface area contributed by atoms with Crippen molar-refractivity contribution in [1.29, 1.82) is 0 Å². The lowest BCUT2D eigenvalue weighted by Gasteiger charge is -2.16. The minimum absolute atomic E-state index is 0.271. The average Bonchev–Trinajstić information content (AvgIpc) is 2.47. The summed E-state index contributed by atoms with van der Waals surface area (Å²) in [5.41, 5.74) is 4.15. The van der Waals surface area contributed by atoms with Gasteiger partial charge in [0.05, 0.1) is 12.8 Å². The first-order valence-electron chi connectivity index (χ1n) is 7.19. The van der Waals surface area contributed by atoms with E-state index in [2.05, 4.69) is 37.1 Å². The molecule has 1 aromatic heterocycles. The largest absolute Gasteiger partial charge is 0.496 e. The van der Waals surface area contributed by atoms with Crippen LogP contribution in [0.15, 0.2) is 18.2 Å². The molecule has 1 heterocycles. The van der Waals surface area contributed by atoms with Crippen molar-refractivity contribution in [3.8, 4) is 17.0 Å². The molecule has 21 heavy (non-hydrogen) atoms. The van der Waals surface area contributed by atoms with Crippen LogP contribution in [-0.2, 0) is 0 Å². The summed E-state index contributed by atoms with van der Waals surface area (Å²) in [6.45, 7) is 8.30. The molecule has 0 unspecified atom stereocenters. The number of nitrogens with one attached hydrogen (secondary N) is 1. The number of aromatic nitrogens is 2. The Bertz CT molecular complexity index is 651. The fourth-order valence-electron chi connectivity index (χ4n) is 2.30. The third-order valence-corrected chi connectivity index (χ3v) is 3.53. The number of hydrogen-bond acceptors (Lipinski definition) is 4. The lowest BCUT2D eigenvalue weighted by molar-refractivity contribution is 0.416. The van der Waals surface area contributed by atoms with Crippen molar-refractivity contribution in [2.24, 2.45) is 0 Å². The molecule has 4 heteroatoms. The maximum absolute atomic E-state index is 5.50. The lowest BCUT2D eigenvalue weighted by Crippen LogP contribution is -2.07. The zero-order valence-corrected chi connectivity index (χ0v) is 13.6. The number of benzene rings is 1. The molecule has 2 aromatic rings. The second kappa shape index (κ2) is 6.12. The Morgan fingerprint density at radius 1 is 1.14 bits per heavy atom. The van der Waals surface area contributed by atoms with E-state index in [1.54, 1.807) is 7.11 Å². The molecule has 1 aromatic carbocycles. The summed E-state index contributed by atoms with van der Waals surface area (Å²) in [5, 5.41) is 3.16. The molecule has 2 rings (SSSR count). The number of anilines is 1. The highest BCUT2D eigenvalue weighted by atomic mass is 16.5. The minimum atomic E-state index is 0.271. The third kappa shape index (κ3) is 2.99. The number of ether oxygens (including phenoxy) is 1. The van der Waals surface area contributed by atoms with Crippen molar-refractivity contribution in [1.82, 2.24) is 9.97 Å². The second-order valence-electron chi connectivity index (χ2n) is 5.51. The minimum Gasteiger partial charge on any atom is -0.496 e. The van der Waals surface area contributed by atoms with Crippen LogP contribution in [0.1, 0.15) is 36.7 Å². The standard InChI is InChI=1S/C17H23N3O/c1-10(2)16-19-15(12(4)17(18-5)20-16)13-9-11(3)7-8-14(13)21-6/h7-10H,1-6H3,(H,18,19,20). The monoisotopic (exact) mass is 285 g/mol. The number of aryl methyl sites for hydroxylation is 1. The van der Waals surface area contributed by atoms with Gasteiger partial charge >= 0.3 is 0 Å². The maximum Gasteiger partial charge on any atom is 0.133 e. The first-order chi connectivity index (χ1) is 9.97. The summed E-state index contributed by atoms with van der Waals surface area (Å²) in [6, 6.07) is 6.14. The van der Waals surface area contributed by atoms with Gasteiger partial charge in [0.1, 0.15) is 17.4 Å². The molecule has 112 valence electrons. The van der Waals surface area contributed by atoms with Gasteiger partial charge in [0, 0.05) is 24.1 Å². The van der Waals surface area contributed by atoms with Gasteiger partial charge < -0.3 is 10.1 Å². The van der Waals surface area contributed by atoms with E-state index in [-0.39, 0.29) is 5.92 Å². The van der Waals surface area contributed by atoms with Crippen LogP contribution >= 0.6 is 0 Å². The first kappa shape index (κ1) is 15.3. The quantitative estimate of drug-likeness (QED) is 0.924. The Morgan fingerprint density at radius 3 is 2.43 bits per heavy atom. The fraction of sp³-hybridized carbons (Fsp3) is 0.412. The molecular formula is C17H23N3O. The zero-order valence-electron chi connectivity index (χ0n) is 13.6. The molecule has 0 aliphatic rings. The van der Waals surface area contributed by atoms with E-state index in [0.717, 1.165) is 34.2 Å². The van der Waals surface area contributed by atoms with Gasteiger partial charge in [-0.15, -0.1) is 0 Å². The number of nitrogens with zero attached hydrogens (tertiary/aromatic N) is 2. The van der Waals surface area contributed by atoms with Crippen molar-refractivity contribution < 1.29 is 4.74 Å². The summed E-state index contributed by atoms with van der Waals surface area (Å²) in [6.07, 6.45) is 0. The van der Waals surface area contributed by atoms with Crippen molar-refractivity contribution >= 4 is 5.82 Å². The molecule has 0 aliphatic carbocycles. The molecule has 0 spiro atoms. The van der Waals surface area contributed by atoms with E-state index in [0.29, 0.717) is 0 Å². The Labute approximate surface area is 126 Å². The molecular weight excluding hydrogens is 262 g/mol. The van der Waals surface area contributed by atoms with Gasteiger partial charge in [-0.25, -0.2) is 9.97 Å². The molecule has 0 saturated heterocycles. The number of methoxy groups -OCH3 is 1. The zero-order chi connectivity index (χ0) is 15.6.